The fraction of sp³-hybridized carbons (Fsp3) is 0.933. The van der Waals surface area contributed by atoms with Crippen LogP contribution in [0.5, 0.6) is 0 Å². The number of nitrogens with one attached hydrogen (secondary N) is 2. The van der Waals surface area contributed by atoms with Gasteiger partial charge in [-0.3, -0.25) is 4.99 Å². The van der Waals surface area contributed by atoms with Crippen molar-refractivity contribution in [2.45, 2.75) is 52.0 Å². The third-order valence-electron chi connectivity index (χ3n) is 4.02. The first-order valence-electron chi connectivity index (χ1n) is 8.09. The van der Waals surface area contributed by atoms with Gasteiger partial charge in [-0.15, -0.1) is 0 Å². The number of hydrogen-bond donors (Lipinski definition) is 2. The molecule has 1 aliphatic heterocycles. The van der Waals surface area contributed by atoms with E-state index in [0.717, 1.165) is 25.0 Å². The molecule has 2 aliphatic rings. The Morgan fingerprint density at radius 2 is 1.89 bits per heavy atom. The minimum atomic E-state index is 0.602. The number of piperidine rings is 1. The summed E-state index contributed by atoms with van der Waals surface area (Å²) in [7, 11) is 0. The van der Waals surface area contributed by atoms with Gasteiger partial charge in [0, 0.05) is 32.2 Å². The van der Waals surface area contributed by atoms with Crippen LogP contribution in [0.4, 0.5) is 0 Å². The van der Waals surface area contributed by atoms with Gasteiger partial charge in [-0.25, -0.2) is 0 Å². The van der Waals surface area contributed by atoms with Crippen LogP contribution in [0, 0.1) is 5.92 Å². The van der Waals surface area contributed by atoms with Crippen LogP contribution < -0.4 is 10.6 Å². The zero-order valence-corrected chi connectivity index (χ0v) is 12.6. The van der Waals surface area contributed by atoms with Crippen LogP contribution in [0.25, 0.3) is 0 Å². The van der Waals surface area contributed by atoms with Gasteiger partial charge in [0.15, 0.2) is 5.96 Å². The second-order valence-corrected chi connectivity index (χ2v) is 5.92. The van der Waals surface area contributed by atoms with Crippen LogP contribution in [0.3, 0.4) is 0 Å². The molecule has 0 radical (unpaired) electrons. The molecular formula is C15H30N4. The SMILES string of the molecule is CCCN1CCC(NC(=NCC2CC2)NCC)CC1. The summed E-state index contributed by atoms with van der Waals surface area (Å²) in [5.74, 6) is 1.89. The second-order valence-electron chi connectivity index (χ2n) is 5.92. The van der Waals surface area contributed by atoms with Crippen LogP contribution in [-0.2, 0) is 0 Å². The third kappa shape index (κ3) is 5.39. The molecule has 110 valence electrons. The molecular weight excluding hydrogens is 236 g/mol. The Morgan fingerprint density at radius 3 is 2.47 bits per heavy atom. The Hall–Kier alpha value is -0.770. The average Bonchev–Trinajstić information content (AvgIpc) is 3.23. The third-order valence-corrected chi connectivity index (χ3v) is 4.02. The molecule has 0 unspecified atom stereocenters. The lowest BCUT2D eigenvalue weighted by molar-refractivity contribution is 0.206. The van der Waals surface area contributed by atoms with Crippen LogP contribution >= 0.6 is 0 Å². The highest BCUT2D eigenvalue weighted by molar-refractivity contribution is 5.80. The van der Waals surface area contributed by atoms with Crippen molar-refractivity contribution in [3.63, 3.8) is 0 Å². The summed E-state index contributed by atoms with van der Waals surface area (Å²) in [4.78, 5) is 7.28. The highest BCUT2D eigenvalue weighted by Crippen LogP contribution is 2.28. The quantitative estimate of drug-likeness (QED) is 0.569. The fourth-order valence-electron chi connectivity index (χ4n) is 2.65. The molecule has 4 heteroatoms. The highest BCUT2D eigenvalue weighted by atomic mass is 15.2. The summed E-state index contributed by atoms with van der Waals surface area (Å²) in [6, 6.07) is 0.602. The second kappa shape index (κ2) is 7.73. The molecule has 1 saturated carbocycles. The Morgan fingerprint density at radius 1 is 1.16 bits per heavy atom. The van der Waals surface area contributed by atoms with Crippen molar-refractivity contribution in [3.05, 3.63) is 0 Å². The van der Waals surface area contributed by atoms with Crippen molar-refractivity contribution < 1.29 is 0 Å². The number of hydrogen-bond acceptors (Lipinski definition) is 2. The largest absolute Gasteiger partial charge is 0.357 e. The molecule has 2 rings (SSSR count). The number of rotatable bonds is 6. The van der Waals surface area contributed by atoms with Gasteiger partial charge in [-0.05, 0) is 51.5 Å². The minimum absolute atomic E-state index is 0.602. The maximum absolute atomic E-state index is 4.71. The first-order chi connectivity index (χ1) is 9.31. The smallest absolute Gasteiger partial charge is 0.191 e. The summed E-state index contributed by atoms with van der Waals surface area (Å²) in [5.41, 5.74) is 0. The number of nitrogens with zero attached hydrogens (tertiary/aromatic N) is 2. The van der Waals surface area contributed by atoms with Gasteiger partial charge < -0.3 is 15.5 Å². The van der Waals surface area contributed by atoms with E-state index in [1.807, 2.05) is 0 Å². The predicted octanol–water partition coefficient (Wildman–Crippen LogP) is 1.83. The van der Waals surface area contributed by atoms with Crippen molar-refractivity contribution in [1.29, 1.82) is 0 Å². The molecule has 0 amide bonds. The zero-order valence-electron chi connectivity index (χ0n) is 12.6. The van der Waals surface area contributed by atoms with Crippen LogP contribution in [0.2, 0.25) is 0 Å². The summed E-state index contributed by atoms with van der Waals surface area (Å²) in [6.07, 6.45) is 6.50. The lowest BCUT2D eigenvalue weighted by atomic mass is 10.1. The average molecular weight is 266 g/mol. The van der Waals surface area contributed by atoms with E-state index in [2.05, 4.69) is 29.4 Å². The van der Waals surface area contributed by atoms with Crippen molar-refractivity contribution >= 4 is 5.96 Å². The Kier molecular flexibility index (Phi) is 5.95. The summed E-state index contributed by atoms with van der Waals surface area (Å²) < 4.78 is 0. The molecule has 1 heterocycles. The lowest BCUT2D eigenvalue weighted by Gasteiger charge is -2.32. The molecule has 0 spiro atoms. The van der Waals surface area contributed by atoms with Gasteiger partial charge in [-0.1, -0.05) is 6.92 Å². The van der Waals surface area contributed by atoms with Gasteiger partial charge >= 0.3 is 0 Å². The highest BCUT2D eigenvalue weighted by Gasteiger charge is 2.22. The number of guanidine groups is 1. The van der Waals surface area contributed by atoms with E-state index in [0.29, 0.717) is 6.04 Å². The molecule has 0 atom stereocenters. The van der Waals surface area contributed by atoms with E-state index < -0.39 is 0 Å². The zero-order chi connectivity index (χ0) is 13.5. The van der Waals surface area contributed by atoms with Gasteiger partial charge in [0.2, 0.25) is 0 Å². The molecule has 0 aromatic rings. The van der Waals surface area contributed by atoms with Crippen LogP contribution in [0.1, 0.15) is 46.0 Å². The molecule has 0 aromatic carbocycles. The molecule has 0 aromatic heterocycles. The first kappa shape index (κ1) is 14.6. The van der Waals surface area contributed by atoms with Crippen molar-refractivity contribution in [3.8, 4) is 0 Å². The van der Waals surface area contributed by atoms with Gasteiger partial charge in [0.05, 0.1) is 0 Å². The maximum Gasteiger partial charge on any atom is 0.191 e. The minimum Gasteiger partial charge on any atom is -0.357 e. The summed E-state index contributed by atoms with van der Waals surface area (Å²) in [6.45, 7) is 10.1. The van der Waals surface area contributed by atoms with Crippen LogP contribution in [-0.4, -0.2) is 49.6 Å². The monoisotopic (exact) mass is 266 g/mol. The normalized spacial score (nSPS) is 22.5. The molecule has 19 heavy (non-hydrogen) atoms. The van der Waals surface area contributed by atoms with Gasteiger partial charge in [-0.2, -0.15) is 0 Å². The number of likely N-dealkylation sites (tertiary alicyclic amines) is 1. The topological polar surface area (TPSA) is 39.7 Å². The molecule has 0 bridgehead atoms. The predicted molar refractivity (Wildman–Crippen MR) is 81.6 cm³/mol. The van der Waals surface area contributed by atoms with E-state index in [9.17, 15) is 0 Å². The van der Waals surface area contributed by atoms with E-state index in [1.54, 1.807) is 0 Å². The molecule has 2 fully saturated rings. The summed E-state index contributed by atoms with van der Waals surface area (Å²) in [5, 5.41) is 6.99. The molecule has 4 nitrogen and oxygen atoms in total. The Balaban J connectivity index is 1.72. The van der Waals surface area contributed by atoms with Gasteiger partial charge in [0.25, 0.3) is 0 Å². The number of aliphatic imine (C=N–C) groups is 1. The van der Waals surface area contributed by atoms with E-state index in [1.165, 1.54) is 51.7 Å². The first-order valence-corrected chi connectivity index (χ1v) is 8.09. The maximum atomic E-state index is 4.71. The standard InChI is InChI=1S/C15H30N4/c1-3-9-19-10-7-14(8-11-19)18-15(16-4-2)17-12-13-5-6-13/h13-14H,3-12H2,1-2H3,(H2,16,17,18). The van der Waals surface area contributed by atoms with E-state index >= 15 is 0 Å². The Labute approximate surface area is 118 Å². The van der Waals surface area contributed by atoms with Gasteiger partial charge in [0.1, 0.15) is 0 Å². The Bertz CT molecular complexity index is 278. The molecule has 1 aliphatic carbocycles. The van der Waals surface area contributed by atoms with E-state index in [4.69, 9.17) is 4.99 Å². The van der Waals surface area contributed by atoms with Crippen molar-refractivity contribution in [2.24, 2.45) is 10.9 Å². The van der Waals surface area contributed by atoms with Crippen molar-refractivity contribution in [2.75, 3.05) is 32.7 Å². The summed E-state index contributed by atoms with van der Waals surface area (Å²) >= 11 is 0. The molecule has 1 saturated heterocycles. The lowest BCUT2D eigenvalue weighted by Crippen LogP contribution is -2.48. The van der Waals surface area contributed by atoms with Crippen LogP contribution in [0.15, 0.2) is 4.99 Å². The fourth-order valence-corrected chi connectivity index (χ4v) is 2.65. The van der Waals surface area contributed by atoms with Crippen molar-refractivity contribution in [1.82, 2.24) is 15.5 Å². The van der Waals surface area contributed by atoms with E-state index in [-0.39, 0.29) is 0 Å². The molecule has 2 N–H and O–H groups in total.